The number of imidazole rings is 1. The summed E-state index contributed by atoms with van der Waals surface area (Å²) in [5, 5.41) is 5.18. The summed E-state index contributed by atoms with van der Waals surface area (Å²) in [6.45, 7) is 2.47. The van der Waals surface area contributed by atoms with Crippen molar-refractivity contribution in [1.82, 2.24) is 9.38 Å². The molecule has 0 atom stereocenters. The molecule has 1 aromatic carbocycles. The number of halogens is 1. The predicted molar refractivity (Wildman–Crippen MR) is 71.5 cm³/mol. The van der Waals surface area contributed by atoms with Crippen LogP contribution in [-0.4, -0.2) is 9.38 Å². The van der Waals surface area contributed by atoms with Gasteiger partial charge in [0.15, 0.2) is 4.96 Å². The Morgan fingerprint density at radius 2 is 2.28 bits per heavy atom. The van der Waals surface area contributed by atoms with Crippen molar-refractivity contribution in [3.8, 4) is 0 Å². The van der Waals surface area contributed by atoms with Crippen LogP contribution >= 0.6 is 11.3 Å². The van der Waals surface area contributed by atoms with Crippen LogP contribution < -0.4 is 5.32 Å². The third-order valence-electron chi connectivity index (χ3n) is 2.66. The highest BCUT2D eigenvalue weighted by Gasteiger charge is 2.03. The number of benzene rings is 1. The summed E-state index contributed by atoms with van der Waals surface area (Å²) in [5.41, 5.74) is 2.64. The highest BCUT2D eigenvalue weighted by atomic mass is 32.1. The maximum Gasteiger partial charge on any atom is 0.193 e. The van der Waals surface area contributed by atoms with Gasteiger partial charge in [0, 0.05) is 23.5 Å². The highest BCUT2D eigenvalue weighted by Crippen LogP contribution is 2.16. The number of thiazole rings is 1. The normalized spacial score (nSPS) is 11.0. The first-order valence-corrected chi connectivity index (χ1v) is 6.51. The van der Waals surface area contributed by atoms with E-state index in [0.717, 1.165) is 21.9 Å². The van der Waals surface area contributed by atoms with Crippen molar-refractivity contribution >= 4 is 22.0 Å². The zero-order valence-electron chi connectivity index (χ0n) is 9.85. The fraction of sp³-hybridized carbons (Fsp3) is 0.154. The molecule has 0 unspecified atom stereocenters. The fourth-order valence-electron chi connectivity index (χ4n) is 1.89. The molecule has 2 aromatic heterocycles. The molecule has 3 nitrogen and oxygen atoms in total. The van der Waals surface area contributed by atoms with E-state index >= 15 is 0 Å². The molecule has 18 heavy (non-hydrogen) atoms. The molecule has 0 saturated carbocycles. The largest absolute Gasteiger partial charge is 0.379 e. The van der Waals surface area contributed by atoms with Gasteiger partial charge >= 0.3 is 0 Å². The molecule has 1 N–H and O–H groups in total. The molecule has 92 valence electrons. The minimum atomic E-state index is -0.219. The third-order valence-corrected chi connectivity index (χ3v) is 3.43. The molecular formula is C13H12FN3S. The van der Waals surface area contributed by atoms with Gasteiger partial charge < -0.3 is 5.32 Å². The molecule has 2 heterocycles. The van der Waals surface area contributed by atoms with Crippen LogP contribution in [0.5, 0.6) is 0 Å². The molecule has 3 rings (SSSR count). The van der Waals surface area contributed by atoms with Crippen molar-refractivity contribution < 1.29 is 4.39 Å². The van der Waals surface area contributed by atoms with Crippen molar-refractivity contribution in [2.45, 2.75) is 13.5 Å². The fourth-order valence-corrected chi connectivity index (χ4v) is 2.61. The van der Waals surface area contributed by atoms with E-state index in [0.29, 0.717) is 6.54 Å². The second-order valence-corrected chi connectivity index (χ2v) is 5.07. The lowest BCUT2D eigenvalue weighted by Gasteiger charge is -2.05. The zero-order chi connectivity index (χ0) is 12.5. The van der Waals surface area contributed by atoms with Crippen molar-refractivity contribution in [2.24, 2.45) is 0 Å². The molecule has 3 aromatic rings. The Bertz CT molecular complexity index is 638. The van der Waals surface area contributed by atoms with Gasteiger partial charge in [0.1, 0.15) is 5.82 Å². The second kappa shape index (κ2) is 4.42. The van der Waals surface area contributed by atoms with Gasteiger partial charge in [-0.1, -0.05) is 0 Å². The number of anilines is 1. The van der Waals surface area contributed by atoms with E-state index in [9.17, 15) is 4.39 Å². The van der Waals surface area contributed by atoms with Gasteiger partial charge in [-0.25, -0.2) is 9.37 Å². The van der Waals surface area contributed by atoms with Crippen LogP contribution in [0.4, 0.5) is 10.1 Å². The summed E-state index contributed by atoms with van der Waals surface area (Å²) < 4.78 is 15.2. The van der Waals surface area contributed by atoms with Gasteiger partial charge in [-0.15, -0.1) is 11.3 Å². The summed E-state index contributed by atoms with van der Waals surface area (Å²) >= 11 is 1.60. The maximum atomic E-state index is 13.2. The molecule has 0 bridgehead atoms. The predicted octanol–water partition coefficient (Wildman–Crippen LogP) is 3.46. The minimum Gasteiger partial charge on any atom is -0.379 e. The first-order chi connectivity index (χ1) is 8.70. The molecule has 0 amide bonds. The number of hydrogen-bond acceptors (Lipinski definition) is 3. The number of nitrogens with one attached hydrogen (secondary N) is 1. The number of aryl methyl sites for hydroxylation is 1. The minimum absolute atomic E-state index is 0.219. The Balaban J connectivity index is 1.75. The summed E-state index contributed by atoms with van der Waals surface area (Å²) in [7, 11) is 0. The topological polar surface area (TPSA) is 29.3 Å². The molecule has 0 saturated heterocycles. The van der Waals surface area contributed by atoms with Crippen molar-refractivity contribution in [1.29, 1.82) is 0 Å². The average molecular weight is 261 g/mol. The van der Waals surface area contributed by atoms with Gasteiger partial charge in [-0.3, -0.25) is 4.40 Å². The van der Waals surface area contributed by atoms with Crippen LogP contribution in [-0.2, 0) is 6.54 Å². The Morgan fingerprint density at radius 3 is 3.06 bits per heavy atom. The number of fused-ring (bicyclic) bond motifs is 1. The van der Waals surface area contributed by atoms with E-state index in [2.05, 4.69) is 10.3 Å². The van der Waals surface area contributed by atoms with Gasteiger partial charge in [0.05, 0.1) is 12.2 Å². The summed E-state index contributed by atoms with van der Waals surface area (Å²) in [5.74, 6) is -0.219. The van der Waals surface area contributed by atoms with Crippen molar-refractivity contribution in [3.63, 3.8) is 0 Å². The van der Waals surface area contributed by atoms with Crippen LogP contribution in [0.25, 0.3) is 4.96 Å². The Kier molecular flexibility index (Phi) is 2.76. The zero-order valence-corrected chi connectivity index (χ0v) is 10.7. The average Bonchev–Trinajstić information content (AvgIpc) is 2.84. The summed E-state index contributed by atoms with van der Waals surface area (Å²) in [6, 6.07) is 4.92. The van der Waals surface area contributed by atoms with Gasteiger partial charge in [-0.2, -0.15) is 0 Å². The van der Waals surface area contributed by atoms with E-state index in [4.69, 9.17) is 0 Å². The Labute approximate surface area is 108 Å². The van der Waals surface area contributed by atoms with E-state index in [-0.39, 0.29) is 5.82 Å². The van der Waals surface area contributed by atoms with E-state index in [1.54, 1.807) is 11.3 Å². The van der Waals surface area contributed by atoms with Crippen LogP contribution in [0.3, 0.4) is 0 Å². The molecule has 0 spiro atoms. The third kappa shape index (κ3) is 2.22. The van der Waals surface area contributed by atoms with E-state index < -0.39 is 0 Å². The van der Waals surface area contributed by atoms with Gasteiger partial charge in [0.25, 0.3) is 0 Å². The van der Waals surface area contributed by atoms with Crippen LogP contribution in [0.15, 0.2) is 36.0 Å². The SMILES string of the molecule is Cc1cc(F)cc(NCc2cn3ccsc3n2)c1. The summed E-state index contributed by atoms with van der Waals surface area (Å²) in [6.07, 6.45) is 3.95. The lowest BCUT2D eigenvalue weighted by atomic mass is 10.2. The molecule has 5 heteroatoms. The molecule has 0 radical (unpaired) electrons. The first kappa shape index (κ1) is 11.2. The lowest BCUT2D eigenvalue weighted by molar-refractivity contribution is 0.627. The number of aromatic nitrogens is 2. The van der Waals surface area contributed by atoms with Crippen LogP contribution in [0, 0.1) is 12.7 Å². The molecule has 0 fully saturated rings. The number of hydrogen-bond donors (Lipinski definition) is 1. The van der Waals surface area contributed by atoms with Crippen molar-refractivity contribution in [3.05, 3.63) is 53.0 Å². The van der Waals surface area contributed by atoms with Gasteiger partial charge in [0.2, 0.25) is 0 Å². The standard InChI is InChI=1S/C13H12FN3S/c1-9-4-10(14)6-11(5-9)15-7-12-8-17-2-3-18-13(17)16-12/h2-6,8,15H,7H2,1H3. The van der Waals surface area contributed by atoms with Crippen LogP contribution in [0.2, 0.25) is 0 Å². The monoisotopic (exact) mass is 261 g/mol. The number of nitrogens with zero attached hydrogens (tertiary/aromatic N) is 2. The molecule has 0 aliphatic carbocycles. The van der Waals surface area contributed by atoms with E-state index in [1.165, 1.54) is 12.1 Å². The maximum absolute atomic E-state index is 13.2. The lowest BCUT2D eigenvalue weighted by Crippen LogP contribution is -2.00. The van der Waals surface area contributed by atoms with Crippen LogP contribution in [0.1, 0.15) is 11.3 Å². The first-order valence-electron chi connectivity index (χ1n) is 5.63. The highest BCUT2D eigenvalue weighted by molar-refractivity contribution is 7.15. The number of rotatable bonds is 3. The Hall–Kier alpha value is -1.88. The Morgan fingerprint density at radius 1 is 1.39 bits per heavy atom. The second-order valence-electron chi connectivity index (χ2n) is 4.20. The molecular weight excluding hydrogens is 249 g/mol. The summed E-state index contributed by atoms with van der Waals surface area (Å²) in [4.78, 5) is 5.43. The van der Waals surface area contributed by atoms with E-state index in [1.807, 2.05) is 35.2 Å². The molecule has 0 aliphatic heterocycles. The van der Waals surface area contributed by atoms with Gasteiger partial charge in [-0.05, 0) is 30.7 Å². The molecule has 0 aliphatic rings. The quantitative estimate of drug-likeness (QED) is 0.782. The smallest absolute Gasteiger partial charge is 0.193 e. The van der Waals surface area contributed by atoms with Crippen molar-refractivity contribution in [2.75, 3.05) is 5.32 Å².